The van der Waals surface area contributed by atoms with Gasteiger partial charge in [-0.15, -0.1) is 10.2 Å². The molecule has 0 aliphatic heterocycles. The lowest BCUT2D eigenvalue weighted by molar-refractivity contribution is 0.517. The van der Waals surface area contributed by atoms with E-state index in [0.29, 0.717) is 18.2 Å². The summed E-state index contributed by atoms with van der Waals surface area (Å²) in [5, 5.41) is 8.39. The van der Waals surface area contributed by atoms with Gasteiger partial charge in [0.25, 0.3) is 0 Å². The molecular formula is C19H17BrN2O. The molecule has 1 aliphatic rings. The van der Waals surface area contributed by atoms with Gasteiger partial charge in [-0.05, 0) is 70.4 Å². The summed E-state index contributed by atoms with van der Waals surface area (Å²) in [5.41, 5.74) is 5.16. The highest BCUT2D eigenvalue weighted by molar-refractivity contribution is 9.10. The highest BCUT2D eigenvalue weighted by atomic mass is 79.9. The molecule has 0 saturated carbocycles. The first kappa shape index (κ1) is 14.6. The summed E-state index contributed by atoms with van der Waals surface area (Å²) in [7, 11) is 0. The molecule has 3 aromatic rings. The van der Waals surface area contributed by atoms with Crippen molar-refractivity contribution >= 4 is 15.9 Å². The van der Waals surface area contributed by atoms with Gasteiger partial charge < -0.3 is 4.42 Å². The molecule has 3 nitrogen and oxygen atoms in total. The number of hydrogen-bond donors (Lipinski definition) is 0. The first-order valence-corrected chi connectivity index (χ1v) is 8.77. The van der Waals surface area contributed by atoms with Gasteiger partial charge in [0.15, 0.2) is 0 Å². The van der Waals surface area contributed by atoms with Crippen LogP contribution in [0.4, 0.5) is 0 Å². The standard InChI is InChI=1S/C19H17BrN2O/c20-17-8-4-3-7-16(17)19-22-21-18(23-19)12-13-9-10-14-5-1-2-6-15(14)11-13/h3-4,7-11H,1-2,5-6,12H2. The fourth-order valence-electron chi connectivity index (χ4n) is 3.14. The van der Waals surface area contributed by atoms with Crippen LogP contribution in [0.2, 0.25) is 0 Å². The number of fused-ring (bicyclic) bond motifs is 1. The average Bonchev–Trinajstić information content (AvgIpc) is 3.03. The van der Waals surface area contributed by atoms with Crippen LogP contribution in [0.25, 0.3) is 11.5 Å². The third-order valence-corrected chi connectivity index (χ3v) is 5.03. The molecule has 0 saturated heterocycles. The minimum atomic E-state index is 0.561. The molecule has 23 heavy (non-hydrogen) atoms. The Morgan fingerprint density at radius 3 is 2.65 bits per heavy atom. The van der Waals surface area contributed by atoms with E-state index >= 15 is 0 Å². The molecule has 0 bridgehead atoms. The van der Waals surface area contributed by atoms with Crippen molar-refractivity contribution < 1.29 is 4.42 Å². The van der Waals surface area contributed by atoms with Crippen LogP contribution in [-0.2, 0) is 19.3 Å². The lowest BCUT2D eigenvalue weighted by Crippen LogP contribution is -2.03. The monoisotopic (exact) mass is 368 g/mol. The highest BCUT2D eigenvalue weighted by Crippen LogP contribution is 2.28. The van der Waals surface area contributed by atoms with Crippen molar-refractivity contribution in [3.05, 3.63) is 69.5 Å². The van der Waals surface area contributed by atoms with Crippen LogP contribution in [0, 0.1) is 0 Å². The van der Waals surface area contributed by atoms with Crippen LogP contribution >= 0.6 is 15.9 Å². The van der Waals surface area contributed by atoms with Crippen LogP contribution in [0.3, 0.4) is 0 Å². The summed E-state index contributed by atoms with van der Waals surface area (Å²) in [6.45, 7) is 0. The summed E-state index contributed by atoms with van der Waals surface area (Å²) in [4.78, 5) is 0. The third-order valence-electron chi connectivity index (χ3n) is 4.34. The molecule has 1 aromatic heterocycles. The zero-order valence-electron chi connectivity index (χ0n) is 12.8. The van der Waals surface area contributed by atoms with E-state index < -0.39 is 0 Å². The van der Waals surface area contributed by atoms with Crippen LogP contribution in [0.5, 0.6) is 0 Å². The van der Waals surface area contributed by atoms with Gasteiger partial charge in [-0.3, -0.25) is 0 Å². The van der Waals surface area contributed by atoms with Gasteiger partial charge in [0, 0.05) is 4.47 Å². The van der Waals surface area contributed by atoms with Gasteiger partial charge >= 0.3 is 0 Å². The molecule has 0 amide bonds. The first-order valence-electron chi connectivity index (χ1n) is 7.97. The van der Waals surface area contributed by atoms with Gasteiger partial charge in [0.05, 0.1) is 12.0 Å². The molecule has 0 unspecified atom stereocenters. The molecule has 4 heteroatoms. The second-order valence-electron chi connectivity index (χ2n) is 5.97. The molecule has 2 aromatic carbocycles. The Bertz CT molecular complexity index is 841. The maximum Gasteiger partial charge on any atom is 0.248 e. The van der Waals surface area contributed by atoms with Gasteiger partial charge in [0.1, 0.15) is 0 Å². The Hall–Kier alpha value is -1.94. The second-order valence-corrected chi connectivity index (χ2v) is 6.82. The minimum Gasteiger partial charge on any atom is -0.420 e. The quantitative estimate of drug-likeness (QED) is 0.654. The molecule has 1 aliphatic carbocycles. The first-order chi connectivity index (χ1) is 11.3. The van der Waals surface area contributed by atoms with Crippen LogP contribution in [0.15, 0.2) is 51.4 Å². The summed E-state index contributed by atoms with van der Waals surface area (Å²) in [5.74, 6) is 1.22. The lowest BCUT2D eigenvalue weighted by atomic mass is 9.90. The molecule has 0 radical (unpaired) electrons. The van der Waals surface area contributed by atoms with Crippen molar-refractivity contribution in [2.24, 2.45) is 0 Å². The van der Waals surface area contributed by atoms with E-state index in [9.17, 15) is 0 Å². The average molecular weight is 369 g/mol. The van der Waals surface area contributed by atoms with Crippen molar-refractivity contribution in [3.8, 4) is 11.5 Å². The van der Waals surface area contributed by atoms with E-state index in [1.54, 1.807) is 0 Å². The van der Waals surface area contributed by atoms with Crippen LogP contribution in [0.1, 0.15) is 35.4 Å². The smallest absolute Gasteiger partial charge is 0.248 e. The predicted molar refractivity (Wildman–Crippen MR) is 93.3 cm³/mol. The van der Waals surface area contributed by atoms with Gasteiger partial charge in [-0.25, -0.2) is 0 Å². The van der Waals surface area contributed by atoms with Crippen molar-refractivity contribution in [2.45, 2.75) is 32.1 Å². The number of rotatable bonds is 3. The highest BCUT2D eigenvalue weighted by Gasteiger charge is 2.13. The Kier molecular flexibility index (Phi) is 4.00. The Labute approximate surface area is 143 Å². The van der Waals surface area contributed by atoms with Crippen molar-refractivity contribution in [1.29, 1.82) is 0 Å². The molecule has 0 spiro atoms. The molecular weight excluding hydrogens is 352 g/mol. The zero-order chi connectivity index (χ0) is 15.6. The van der Waals surface area contributed by atoms with Crippen LogP contribution < -0.4 is 0 Å². The number of halogens is 1. The Morgan fingerprint density at radius 1 is 0.957 bits per heavy atom. The predicted octanol–water partition coefficient (Wildman–Crippen LogP) is 4.97. The van der Waals surface area contributed by atoms with Crippen molar-refractivity contribution in [1.82, 2.24) is 10.2 Å². The Balaban J connectivity index is 1.57. The van der Waals surface area contributed by atoms with E-state index in [1.807, 2.05) is 24.3 Å². The number of benzene rings is 2. The van der Waals surface area contributed by atoms with Crippen molar-refractivity contribution in [2.75, 3.05) is 0 Å². The second kappa shape index (κ2) is 6.28. The van der Waals surface area contributed by atoms with E-state index in [0.717, 1.165) is 10.0 Å². The molecule has 0 N–H and O–H groups in total. The molecule has 4 rings (SSSR count). The number of aryl methyl sites for hydroxylation is 2. The zero-order valence-corrected chi connectivity index (χ0v) is 14.3. The molecule has 0 atom stereocenters. The summed E-state index contributed by atoms with van der Waals surface area (Å²) >= 11 is 3.52. The normalized spacial score (nSPS) is 13.8. The summed E-state index contributed by atoms with van der Waals surface area (Å²) in [6.07, 6.45) is 5.69. The Morgan fingerprint density at radius 2 is 1.78 bits per heavy atom. The van der Waals surface area contributed by atoms with E-state index in [-0.39, 0.29) is 0 Å². The SMILES string of the molecule is Brc1ccccc1-c1nnc(Cc2ccc3c(c2)CCCC3)o1. The number of aromatic nitrogens is 2. The largest absolute Gasteiger partial charge is 0.420 e. The van der Waals surface area contributed by atoms with Gasteiger partial charge in [0.2, 0.25) is 11.8 Å². The molecule has 116 valence electrons. The van der Waals surface area contributed by atoms with Crippen molar-refractivity contribution in [3.63, 3.8) is 0 Å². The molecule has 1 heterocycles. The fourth-order valence-corrected chi connectivity index (χ4v) is 3.59. The molecule has 0 fully saturated rings. The van der Waals surface area contributed by atoms with E-state index in [2.05, 4.69) is 44.3 Å². The number of nitrogens with zero attached hydrogens (tertiary/aromatic N) is 2. The van der Waals surface area contributed by atoms with Crippen LogP contribution in [-0.4, -0.2) is 10.2 Å². The minimum absolute atomic E-state index is 0.561. The maximum atomic E-state index is 5.85. The van der Waals surface area contributed by atoms with E-state index in [4.69, 9.17) is 4.42 Å². The summed E-state index contributed by atoms with van der Waals surface area (Å²) < 4.78 is 6.81. The lowest BCUT2D eigenvalue weighted by Gasteiger charge is -2.16. The van der Waals surface area contributed by atoms with Gasteiger partial charge in [-0.2, -0.15) is 0 Å². The maximum absolute atomic E-state index is 5.85. The third kappa shape index (κ3) is 3.08. The fraction of sp³-hybridized carbons (Fsp3) is 0.263. The number of hydrogen-bond acceptors (Lipinski definition) is 3. The van der Waals surface area contributed by atoms with E-state index in [1.165, 1.54) is 42.4 Å². The summed E-state index contributed by atoms with van der Waals surface area (Å²) in [6, 6.07) is 14.6. The topological polar surface area (TPSA) is 38.9 Å². The van der Waals surface area contributed by atoms with Gasteiger partial charge in [-0.1, -0.05) is 30.3 Å².